The second kappa shape index (κ2) is 7.45. The third-order valence-electron chi connectivity index (χ3n) is 3.70. The molecule has 5 heteroatoms. The number of halogens is 1. The molecule has 122 valence electrons. The largest absolute Gasteiger partial charge is 0.444 e. The Hall–Kier alpha value is -2.40. The second-order valence-electron chi connectivity index (χ2n) is 5.53. The van der Waals surface area contributed by atoms with Crippen LogP contribution in [0.2, 0.25) is 0 Å². The zero-order valence-corrected chi connectivity index (χ0v) is 14.9. The average Bonchev–Trinajstić information content (AvgIpc) is 3.06. The Labute approximate surface area is 149 Å². The topological polar surface area (TPSA) is 46.3 Å². The van der Waals surface area contributed by atoms with Crippen LogP contribution in [-0.4, -0.2) is 22.8 Å². The van der Waals surface area contributed by atoms with Crippen molar-refractivity contribution >= 4 is 21.8 Å². The summed E-state index contributed by atoms with van der Waals surface area (Å²) in [5.41, 5.74) is 2.61. The number of oxazole rings is 1. The first kappa shape index (κ1) is 16.5. The van der Waals surface area contributed by atoms with Gasteiger partial charge in [0.15, 0.2) is 0 Å². The first-order chi connectivity index (χ1) is 11.6. The standard InChI is InChI=1S/C19H17BrN2O2/c1-22(12-15-9-5-6-10-17(15)20)18(23)11-16-13-24-19(21-16)14-7-3-2-4-8-14/h2-10,13H,11-12H2,1H3. The van der Waals surface area contributed by atoms with Crippen molar-refractivity contribution in [2.75, 3.05) is 7.05 Å². The molecule has 3 aromatic rings. The molecule has 0 saturated heterocycles. The van der Waals surface area contributed by atoms with Gasteiger partial charge in [0.1, 0.15) is 6.26 Å². The molecular weight excluding hydrogens is 368 g/mol. The minimum absolute atomic E-state index is 0.00124. The van der Waals surface area contributed by atoms with Gasteiger partial charge in [-0.1, -0.05) is 52.3 Å². The van der Waals surface area contributed by atoms with E-state index in [1.165, 1.54) is 0 Å². The van der Waals surface area contributed by atoms with Gasteiger partial charge in [0.2, 0.25) is 11.8 Å². The predicted octanol–water partition coefficient (Wildman–Crippen LogP) is 4.31. The molecule has 4 nitrogen and oxygen atoms in total. The summed E-state index contributed by atoms with van der Waals surface area (Å²) in [6.07, 6.45) is 1.77. The van der Waals surface area contributed by atoms with Crippen molar-refractivity contribution in [3.05, 3.63) is 76.6 Å². The van der Waals surface area contributed by atoms with Crippen LogP contribution in [0, 0.1) is 0 Å². The lowest BCUT2D eigenvalue weighted by molar-refractivity contribution is -0.129. The van der Waals surface area contributed by atoms with Crippen molar-refractivity contribution in [3.63, 3.8) is 0 Å². The predicted molar refractivity (Wildman–Crippen MR) is 96.3 cm³/mol. The summed E-state index contributed by atoms with van der Waals surface area (Å²) in [6.45, 7) is 0.545. The molecule has 1 heterocycles. The highest BCUT2D eigenvalue weighted by Gasteiger charge is 2.15. The van der Waals surface area contributed by atoms with E-state index in [1.54, 1.807) is 18.2 Å². The summed E-state index contributed by atoms with van der Waals surface area (Å²) in [5.74, 6) is 0.533. The summed E-state index contributed by atoms with van der Waals surface area (Å²) in [7, 11) is 1.79. The van der Waals surface area contributed by atoms with E-state index >= 15 is 0 Å². The van der Waals surface area contributed by atoms with Gasteiger partial charge in [0.05, 0.1) is 12.1 Å². The van der Waals surface area contributed by atoms with Gasteiger partial charge >= 0.3 is 0 Å². The fraction of sp³-hybridized carbons (Fsp3) is 0.158. The van der Waals surface area contributed by atoms with Crippen molar-refractivity contribution in [2.24, 2.45) is 0 Å². The molecule has 0 aliphatic carbocycles. The summed E-state index contributed by atoms with van der Waals surface area (Å²) in [6, 6.07) is 17.5. The number of benzene rings is 2. The summed E-state index contributed by atoms with van der Waals surface area (Å²) in [4.78, 5) is 18.5. The van der Waals surface area contributed by atoms with E-state index < -0.39 is 0 Å². The maximum Gasteiger partial charge on any atom is 0.228 e. The fourth-order valence-electron chi connectivity index (χ4n) is 2.36. The number of amides is 1. The lowest BCUT2D eigenvalue weighted by atomic mass is 10.2. The van der Waals surface area contributed by atoms with Crippen molar-refractivity contribution < 1.29 is 9.21 Å². The highest BCUT2D eigenvalue weighted by Crippen LogP contribution is 2.20. The van der Waals surface area contributed by atoms with Crippen LogP contribution in [0.15, 0.2) is 69.8 Å². The van der Waals surface area contributed by atoms with Gasteiger partial charge in [0.25, 0.3) is 0 Å². The number of aromatic nitrogens is 1. The molecule has 3 rings (SSSR count). The molecule has 0 unspecified atom stereocenters. The zero-order valence-electron chi connectivity index (χ0n) is 13.3. The zero-order chi connectivity index (χ0) is 16.9. The van der Waals surface area contributed by atoms with Gasteiger partial charge in [-0.15, -0.1) is 0 Å². The molecule has 0 aliphatic rings. The van der Waals surface area contributed by atoms with Crippen LogP contribution in [0.3, 0.4) is 0 Å². The average molecular weight is 385 g/mol. The first-order valence-electron chi connectivity index (χ1n) is 7.60. The number of likely N-dealkylation sites (N-methyl/N-ethyl adjacent to an activating group) is 1. The Balaban J connectivity index is 1.65. The minimum atomic E-state index is -0.00124. The van der Waals surface area contributed by atoms with Crippen molar-refractivity contribution in [1.82, 2.24) is 9.88 Å². The molecule has 0 bridgehead atoms. The van der Waals surface area contributed by atoms with Crippen LogP contribution in [0.5, 0.6) is 0 Å². The third-order valence-corrected chi connectivity index (χ3v) is 4.47. The van der Waals surface area contributed by atoms with E-state index in [4.69, 9.17) is 4.42 Å². The maximum absolute atomic E-state index is 12.4. The second-order valence-corrected chi connectivity index (χ2v) is 6.38. The number of hydrogen-bond acceptors (Lipinski definition) is 3. The Morgan fingerprint density at radius 1 is 1.12 bits per heavy atom. The van der Waals surface area contributed by atoms with Gasteiger partial charge in [0, 0.05) is 23.6 Å². The van der Waals surface area contributed by atoms with E-state index in [9.17, 15) is 4.79 Å². The van der Waals surface area contributed by atoms with Crippen LogP contribution < -0.4 is 0 Å². The van der Waals surface area contributed by atoms with Gasteiger partial charge in [-0.3, -0.25) is 4.79 Å². The first-order valence-corrected chi connectivity index (χ1v) is 8.40. The van der Waals surface area contributed by atoms with Crippen molar-refractivity contribution in [2.45, 2.75) is 13.0 Å². The SMILES string of the molecule is CN(Cc1ccccc1Br)C(=O)Cc1coc(-c2ccccc2)n1. The summed E-state index contributed by atoms with van der Waals surface area (Å²) >= 11 is 3.50. The quantitative estimate of drug-likeness (QED) is 0.658. The lowest BCUT2D eigenvalue weighted by Crippen LogP contribution is -2.27. The normalized spacial score (nSPS) is 10.6. The van der Waals surface area contributed by atoms with E-state index in [-0.39, 0.29) is 12.3 Å². The summed E-state index contributed by atoms with van der Waals surface area (Å²) < 4.78 is 6.48. The number of carbonyl (C=O) groups is 1. The summed E-state index contributed by atoms with van der Waals surface area (Å²) in [5, 5.41) is 0. The number of nitrogens with zero attached hydrogens (tertiary/aromatic N) is 2. The van der Waals surface area contributed by atoms with Gasteiger partial charge in [-0.05, 0) is 23.8 Å². The lowest BCUT2D eigenvalue weighted by Gasteiger charge is -2.17. The molecule has 0 spiro atoms. The molecule has 1 aromatic heterocycles. The van der Waals surface area contributed by atoms with Crippen LogP contribution in [0.1, 0.15) is 11.3 Å². The van der Waals surface area contributed by atoms with Crippen LogP contribution in [0.25, 0.3) is 11.5 Å². The van der Waals surface area contributed by atoms with Crippen LogP contribution >= 0.6 is 15.9 Å². The minimum Gasteiger partial charge on any atom is -0.444 e. The molecule has 0 fully saturated rings. The van der Waals surface area contributed by atoms with E-state index in [1.807, 2.05) is 54.6 Å². The monoisotopic (exact) mass is 384 g/mol. The number of hydrogen-bond donors (Lipinski definition) is 0. The van der Waals surface area contributed by atoms with Crippen molar-refractivity contribution in [1.29, 1.82) is 0 Å². The molecule has 0 saturated carbocycles. The van der Waals surface area contributed by atoms with E-state index in [0.717, 1.165) is 15.6 Å². The molecule has 0 aliphatic heterocycles. The molecule has 1 amide bonds. The Bertz CT molecular complexity index is 830. The molecule has 0 radical (unpaired) electrons. The Morgan fingerprint density at radius 2 is 1.83 bits per heavy atom. The highest BCUT2D eigenvalue weighted by molar-refractivity contribution is 9.10. The molecule has 0 atom stereocenters. The van der Waals surface area contributed by atoms with Crippen molar-refractivity contribution in [3.8, 4) is 11.5 Å². The Morgan fingerprint density at radius 3 is 2.58 bits per heavy atom. The van der Waals surface area contributed by atoms with E-state index in [2.05, 4.69) is 20.9 Å². The molecule has 2 aromatic carbocycles. The Kier molecular flexibility index (Phi) is 5.11. The van der Waals surface area contributed by atoms with Gasteiger partial charge in [-0.2, -0.15) is 0 Å². The van der Waals surface area contributed by atoms with E-state index in [0.29, 0.717) is 18.1 Å². The smallest absolute Gasteiger partial charge is 0.228 e. The third kappa shape index (κ3) is 3.92. The molecule has 24 heavy (non-hydrogen) atoms. The molecular formula is C19H17BrN2O2. The molecule has 0 N–H and O–H groups in total. The maximum atomic E-state index is 12.4. The fourth-order valence-corrected chi connectivity index (χ4v) is 2.77. The van der Waals surface area contributed by atoms with Gasteiger partial charge in [-0.25, -0.2) is 4.98 Å². The number of rotatable bonds is 5. The van der Waals surface area contributed by atoms with Gasteiger partial charge < -0.3 is 9.32 Å². The van der Waals surface area contributed by atoms with Crippen LogP contribution in [-0.2, 0) is 17.8 Å². The number of carbonyl (C=O) groups excluding carboxylic acids is 1. The highest BCUT2D eigenvalue weighted by atomic mass is 79.9. The van der Waals surface area contributed by atoms with Crippen LogP contribution in [0.4, 0.5) is 0 Å².